The number of pyridine rings is 1. The number of methoxy groups -OCH3 is 1. The van der Waals surface area contributed by atoms with Crippen molar-refractivity contribution in [1.29, 1.82) is 0 Å². The van der Waals surface area contributed by atoms with Gasteiger partial charge in [-0.15, -0.1) is 13.2 Å². The lowest BCUT2D eigenvalue weighted by molar-refractivity contribution is -0.275. The van der Waals surface area contributed by atoms with E-state index in [0.29, 0.717) is 23.3 Å². The van der Waals surface area contributed by atoms with Gasteiger partial charge in [-0.05, 0) is 49.2 Å². The number of benzene rings is 2. The van der Waals surface area contributed by atoms with Crippen LogP contribution in [0.1, 0.15) is 53.1 Å². The number of nitrogens with zero attached hydrogens (tertiary/aromatic N) is 3. The molecule has 2 heterocycles. The summed E-state index contributed by atoms with van der Waals surface area (Å²) in [6.45, 7) is 3.77. The molecule has 0 spiro atoms. The number of carbonyl (C=O) groups excluding carboxylic acids is 2. The minimum Gasteiger partial charge on any atom is -0.493 e. The van der Waals surface area contributed by atoms with Crippen LogP contribution in [0.3, 0.4) is 0 Å². The van der Waals surface area contributed by atoms with Gasteiger partial charge in [-0.25, -0.2) is 5.01 Å². The summed E-state index contributed by atoms with van der Waals surface area (Å²) in [4.78, 5) is 30.5. The number of hydrazone groups is 1. The van der Waals surface area contributed by atoms with Crippen LogP contribution in [0.4, 0.5) is 13.2 Å². The minimum absolute atomic E-state index is 0.0403. The predicted octanol–water partition coefficient (Wildman–Crippen LogP) is 5.39. The highest BCUT2D eigenvalue weighted by atomic mass is 19.4. The molecule has 204 valence electrons. The average Bonchev–Trinajstić information content (AvgIpc) is 2.91. The van der Waals surface area contributed by atoms with E-state index in [2.05, 4.69) is 20.1 Å². The predicted molar refractivity (Wildman–Crippen MR) is 137 cm³/mol. The molecule has 8 nitrogen and oxygen atoms in total. The summed E-state index contributed by atoms with van der Waals surface area (Å²) in [5, 5.41) is 8.62. The van der Waals surface area contributed by atoms with E-state index >= 15 is 0 Å². The molecule has 0 saturated carbocycles. The van der Waals surface area contributed by atoms with Gasteiger partial charge >= 0.3 is 6.36 Å². The van der Waals surface area contributed by atoms with Crippen LogP contribution in [0.5, 0.6) is 11.5 Å². The summed E-state index contributed by atoms with van der Waals surface area (Å²) in [7, 11) is 1.24. The third-order valence-electron chi connectivity index (χ3n) is 6.26. The normalized spacial score (nSPS) is 16.4. The second kappa shape index (κ2) is 11.5. The molecule has 11 heteroatoms. The van der Waals surface area contributed by atoms with E-state index in [1.54, 1.807) is 36.4 Å². The number of hydrogen-bond donors (Lipinski definition) is 1. The number of rotatable bonds is 8. The van der Waals surface area contributed by atoms with Gasteiger partial charge in [0.15, 0.2) is 17.7 Å². The van der Waals surface area contributed by atoms with Crippen molar-refractivity contribution in [2.75, 3.05) is 7.11 Å². The quantitative estimate of drug-likeness (QED) is 0.414. The van der Waals surface area contributed by atoms with Gasteiger partial charge in [-0.3, -0.25) is 14.6 Å². The highest BCUT2D eigenvalue weighted by molar-refractivity contribution is 6.06. The fourth-order valence-corrected chi connectivity index (χ4v) is 4.26. The molecule has 0 bridgehead atoms. The summed E-state index contributed by atoms with van der Waals surface area (Å²) in [6.07, 6.45) is -3.90. The van der Waals surface area contributed by atoms with Gasteiger partial charge in [-0.1, -0.05) is 42.8 Å². The molecule has 1 aromatic heterocycles. The molecule has 2 unspecified atom stereocenters. The molecule has 1 aliphatic rings. The van der Waals surface area contributed by atoms with E-state index in [9.17, 15) is 22.8 Å². The van der Waals surface area contributed by atoms with E-state index in [0.717, 1.165) is 5.56 Å². The number of halogens is 3. The number of carbonyl (C=O) groups is 2. The van der Waals surface area contributed by atoms with Gasteiger partial charge in [0.25, 0.3) is 5.91 Å². The first kappa shape index (κ1) is 27.6. The van der Waals surface area contributed by atoms with Crippen molar-refractivity contribution in [2.24, 2.45) is 11.0 Å². The number of aromatic nitrogens is 1. The summed E-state index contributed by atoms with van der Waals surface area (Å²) < 4.78 is 48.4. The van der Waals surface area contributed by atoms with Gasteiger partial charge < -0.3 is 14.8 Å². The molecule has 2 atom stereocenters. The van der Waals surface area contributed by atoms with Crippen LogP contribution in [0.15, 0.2) is 72.0 Å². The monoisotopic (exact) mass is 540 g/mol. The SMILES string of the molecule is CCC1CC(=O)N(C(NC(=O)c2ccccn2)c2ccc(C)cc2)N=C1c1ccc(OC)c(OC(F)(F)F)c1. The summed E-state index contributed by atoms with van der Waals surface area (Å²) in [6, 6.07) is 16.2. The minimum atomic E-state index is -4.93. The van der Waals surface area contributed by atoms with Crippen LogP contribution in [0.25, 0.3) is 0 Å². The number of amides is 2. The second-order valence-electron chi connectivity index (χ2n) is 8.95. The molecule has 3 aromatic rings. The van der Waals surface area contributed by atoms with Gasteiger partial charge in [-0.2, -0.15) is 5.10 Å². The van der Waals surface area contributed by atoms with Crippen molar-refractivity contribution < 1.29 is 32.2 Å². The molecule has 0 fully saturated rings. The largest absolute Gasteiger partial charge is 0.573 e. The maximum absolute atomic E-state index is 13.4. The number of nitrogens with one attached hydrogen (secondary N) is 1. The lowest BCUT2D eigenvalue weighted by Crippen LogP contribution is -2.46. The molecule has 0 aliphatic carbocycles. The Bertz CT molecular complexity index is 1360. The molecular weight excluding hydrogens is 513 g/mol. The van der Waals surface area contributed by atoms with Crippen LogP contribution < -0.4 is 14.8 Å². The van der Waals surface area contributed by atoms with E-state index in [1.165, 1.54) is 30.4 Å². The van der Waals surface area contributed by atoms with Gasteiger partial charge in [0.05, 0.1) is 12.8 Å². The van der Waals surface area contributed by atoms with Crippen molar-refractivity contribution in [3.63, 3.8) is 0 Å². The van der Waals surface area contributed by atoms with E-state index in [4.69, 9.17) is 4.74 Å². The molecule has 1 N–H and O–H groups in total. The molecule has 0 saturated heterocycles. The third-order valence-corrected chi connectivity index (χ3v) is 6.26. The van der Waals surface area contributed by atoms with E-state index in [1.807, 2.05) is 26.0 Å². The molecule has 2 amide bonds. The van der Waals surface area contributed by atoms with Crippen molar-refractivity contribution in [3.05, 3.63) is 89.2 Å². The smallest absolute Gasteiger partial charge is 0.493 e. The summed E-state index contributed by atoms with van der Waals surface area (Å²) >= 11 is 0. The fraction of sp³-hybridized carbons (Fsp3) is 0.286. The Morgan fingerprint density at radius 3 is 2.49 bits per heavy atom. The first-order valence-electron chi connectivity index (χ1n) is 12.2. The molecule has 39 heavy (non-hydrogen) atoms. The number of hydrogen-bond acceptors (Lipinski definition) is 6. The highest BCUT2D eigenvalue weighted by Gasteiger charge is 2.36. The van der Waals surface area contributed by atoms with Crippen molar-refractivity contribution in [3.8, 4) is 11.5 Å². The van der Waals surface area contributed by atoms with Crippen LogP contribution >= 0.6 is 0 Å². The zero-order valence-corrected chi connectivity index (χ0v) is 21.5. The van der Waals surface area contributed by atoms with Crippen molar-refractivity contribution >= 4 is 17.5 Å². The first-order valence-corrected chi connectivity index (χ1v) is 12.2. The van der Waals surface area contributed by atoms with Gasteiger partial charge in [0, 0.05) is 24.1 Å². The molecule has 4 rings (SSSR count). The Balaban J connectivity index is 1.79. The first-order chi connectivity index (χ1) is 18.6. The third kappa shape index (κ3) is 6.54. The standard InChI is InChI=1S/C28H27F3N4O4/c1-4-18-16-24(36)35(34-25(18)20-12-13-22(38-3)23(15-20)39-28(29,30)31)26(19-10-8-17(2)9-11-19)33-27(37)21-7-5-6-14-32-21/h5-15,18,26H,4,16H2,1-3H3,(H,33,37). The van der Waals surface area contributed by atoms with Crippen molar-refractivity contribution in [1.82, 2.24) is 15.3 Å². The van der Waals surface area contributed by atoms with Crippen molar-refractivity contribution in [2.45, 2.75) is 39.2 Å². The summed E-state index contributed by atoms with van der Waals surface area (Å²) in [5.41, 5.74) is 2.43. The number of ether oxygens (including phenoxy) is 2. The van der Waals surface area contributed by atoms with Crippen LogP contribution in [0, 0.1) is 12.8 Å². The van der Waals surface area contributed by atoms with Gasteiger partial charge in [0.1, 0.15) is 5.69 Å². The fourth-order valence-electron chi connectivity index (χ4n) is 4.26. The van der Waals surface area contributed by atoms with E-state index in [-0.39, 0.29) is 29.7 Å². The highest BCUT2D eigenvalue weighted by Crippen LogP contribution is 2.36. The van der Waals surface area contributed by atoms with Crippen LogP contribution in [0.2, 0.25) is 0 Å². The Morgan fingerprint density at radius 2 is 1.87 bits per heavy atom. The van der Waals surface area contributed by atoms with Gasteiger partial charge in [0.2, 0.25) is 5.91 Å². The Kier molecular flexibility index (Phi) is 8.18. The lowest BCUT2D eigenvalue weighted by atomic mass is 9.89. The topological polar surface area (TPSA) is 93.1 Å². The van der Waals surface area contributed by atoms with E-state index < -0.39 is 24.2 Å². The molecule has 1 aliphatic heterocycles. The van der Waals surface area contributed by atoms with Crippen LogP contribution in [-0.2, 0) is 4.79 Å². The average molecular weight is 541 g/mol. The number of alkyl halides is 3. The maximum Gasteiger partial charge on any atom is 0.573 e. The molecule has 0 radical (unpaired) electrons. The zero-order valence-electron chi connectivity index (χ0n) is 21.5. The Hall–Kier alpha value is -4.41. The Labute approximate surface area is 223 Å². The summed E-state index contributed by atoms with van der Waals surface area (Å²) in [5.74, 6) is -1.87. The van der Waals surface area contributed by atoms with Crippen LogP contribution in [-0.4, -0.2) is 41.0 Å². The maximum atomic E-state index is 13.4. The zero-order chi connectivity index (χ0) is 28.2. The lowest BCUT2D eigenvalue weighted by Gasteiger charge is -2.35. The Morgan fingerprint density at radius 1 is 1.13 bits per heavy atom. The second-order valence-corrected chi connectivity index (χ2v) is 8.95. The molecular formula is C28H27F3N4O4. The molecule has 2 aromatic carbocycles. The number of aryl methyl sites for hydroxylation is 1.